The molecule has 0 radical (unpaired) electrons. The van der Waals surface area contributed by atoms with Crippen molar-refractivity contribution in [3.05, 3.63) is 71.9 Å². The number of hydrogen-bond donors (Lipinski definition) is 6. The van der Waals surface area contributed by atoms with Crippen LogP contribution in [0.4, 0.5) is 0 Å². The van der Waals surface area contributed by atoms with Crippen LogP contribution in [0, 0.1) is 0 Å². The number of benzene rings is 2. The highest BCUT2D eigenvalue weighted by atomic mass is 16.4. The van der Waals surface area contributed by atoms with Crippen molar-refractivity contribution in [3.8, 4) is 0 Å². The maximum Gasteiger partial charge on any atom is 0.326 e. The number of fused-ring (bicyclic) bond motifs is 1. The van der Waals surface area contributed by atoms with E-state index in [1.807, 2.05) is 30.3 Å². The number of hydrogen-bond acceptors (Lipinski definition) is 6. The van der Waals surface area contributed by atoms with Gasteiger partial charge in [-0.05, 0) is 36.5 Å². The quantitative estimate of drug-likeness (QED) is 0.171. The molecule has 1 aliphatic heterocycles. The van der Waals surface area contributed by atoms with E-state index in [0.29, 0.717) is 19.4 Å². The number of rotatable bonds is 13. The fraction of sp³-hybridized carbons (Fsp3) is 0.367. The lowest BCUT2D eigenvalue weighted by Crippen LogP contribution is -2.57. The van der Waals surface area contributed by atoms with Crippen LogP contribution in [0.5, 0.6) is 0 Å². The highest BCUT2D eigenvalue weighted by Gasteiger charge is 2.38. The van der Waals surface area contributed by atoms with E-state index < -0.39 is 53.8 Å². The lowest BCUT2D eigenvalue weighted by atomic mass is 10.0. The van der Waals surface area contributed by atoms with Gasteiger partial charge in [-0.15, -0.1) is 0 Å². The summed E-state index contributed by atoms with van der Waals surface area (Å²) in [6.07, 6.45) is 2.82. The molecule has 8 N–H and O–H groups in total. The van der Waals surface area contributed by atoms with Gasteiger partial charge in [-0.2, -0.15) is 0 Å². The molecule has 4 atom stereocenters. The van der Waals surface area contributed by atoms with Crippen LogP contribution >= 0.6 is 0 Å². The number of nitrogens with two attached hydrogens (primary N) is 2. The molecule has 2 heterocycles. The minimum absolute atomic E-state index is 0.0573. The van der Waals surface area contributed by atoms with Crippen LogP contribution in [0.25, 0.3) is 10.9 Å². The summed E-state index contributed by atoms with van der Waals surface area (Å²) in [5.41, 5.74) is 13.5. The molecule has 1 aromatic heterocycles. The Balaban J connectivity index is 1.53. The summed E-state index contributed by atoms with van der Waals surface area (Å²) in [7, 11) is 0. The van der Waals surface area contributed by atoms with E-state index in [1.165, 1.54) is 4.90 Å². The first-order chi connectivity index (χ1) is 20.1. The predicted molar refractivity (Wildman–Crippen MR) is 155 cm³/mol. The molecule has 4 amide bonds. The lowest BCUT2D eigenvalue weighted by molar-refractivity contribution is -0.143. The number of carboxylic acid groups (broad SMARTS) is 1. The number of carbonyl (C=O) groups is 5. The topological polar surface area (TPSA) is 201 Å². The zero-order valence-electron chi connectivity index (χ0n) is 23.1. The number of primary amides is 1. The summed E-state index contributed by atoms with van der Waals surface area (Å²) in [4.78, 5) is 67.9. The number of nitrogens with zero attached hydrogens (tertiary/aromatic N) is 1. The average molecular weight is 577 g/mol. The molecule has 0 spiro atoms. The van der Waals surface area contributed by atoms with Gasteiger partial charge in [0, 0.05) is 42.9 Å². The van der Waals surface area contributed by atoms with Gasteiger partial charge >= 0.3 is 5.97 Å². The van der Waals surface area contributed by atoms with E-state index in [-0.39, 0.29) is 25.7 Å². The maximum absolute atomic E-state index is 13.6. The zero-order valence-corrected chi connectivity index (χ0v) is 23.1. The van der Waals surface area contributed by atoms with Crippen LogP contribution in [0.15, 0.2) is 60.8 Å². The Labute approximate surface area is 242 Å². The fourth-order valence-electron chi connectivity index (χ4n) is 5.26. The molecule has 0 aliphatic carbocycles. The minimum Gasteiger partial charge on any atom is -0.480 e. The van der Waals surface area contributed by atoms with Gasteiger partial charge in [0.1, 0.15) is 18.1 Å². The molecule has 4 unspecified atom stereocenters. The summed E-state index contributed by atoms with van der Waals surface area (Å²) in [5.74, 6) is -3.46. The second-order valence-corrected chi connectivity index (χ2v) is 10.5. The van der Waals surface area contributed by atoms with E-state index in [2.05, 4.69) is 15.6 Å². The minimum atomic E-state index is -1.23. The number of H-pyrrole nitrogens is 1. The predicted octanol–water partition coefficient (Wildman–Crippen LogP) is 0.591. The largest absolute Gasteiger partial charge is 0.480 e. The molecule has 0 saturated carbocycles. The first-order valence-corrected chi connectivity index (χ1v) is 13.9. The Morgan fingerprint density at radius 3 is 2.40 bits per heavy atom. The van der Waals surface area contributed by atoms with Gasteiger partial charge in [0.05, 0.1) is 6.04 Å². The van der Waals surface area contributed by atoms with Gasteiger partial charge in [0.15, 0.2) is 0 Å². The molecule has 12 nitrogen and oxygen atoms in total. The van der Waals surface area contributed by atoms with Gasteiger partial charge in [-0.3, -0.25) is 19.2 Å². The molecular formula is C30H36N6O6. The van der Waals surface area contributed by atoms with Crippen LogP contribution < -0.4 is 22.1 Å². The lowest BCUT2D eigenvalue weighted by Gasteiger charge is -2.28. The van der Waals surface area contributed by atoms with Crippen LogP contribution in [-0.2, 0) is 36.8 Å². The van der Waals surface area contributed by atoms with Gasteiger partial charge in [0.2, 0.25) is 23.6 Å². The molecule has 12 heteroatoms. The molecule has 3 aromatic rings. The number of aliphatic carboxylic acids is 1. The van der Waals surface area contributed by atoms with Crippen molar-refractivity contribution in [3.63, 3.8) is 0 Å². The Morgan fingerprint density at radius 1 is 0.976 bits per heavy atom. The number of likely N-dealkylation sites (tertiary alicyclic amines) is 1. The van der Waals surface area contributed by atoms with Gasteiger partial charge in [-0.1, -0.05) is 48.5 Å². The van der Waals surface area contributed by atoms with Crippen LogP contribution in [0.2, 0.25) is 0 Å². The summed E-state index contributed by atoms with van der Waals surface area (Å²) >= 11 is 0. The van der Waals surface area contributed by atoms with Crippen molar-refractivity contribution in [1.82, 2.24) is 20.5 Å². The normalized spacial score (nSPS) is 16.9. The fourth-order valence-corrected chi connectivity index (χ4v) is 5.26. The summed E-state index contributed by atoms with van der Waals surface area (Å²) in [6, 6.07) is 12.2. The monoisotopic (exact) mass is 576 g/mol. The third-order valence-corrected chi connectivity index (χ3v) is 7.49. The smallest absolute Gasteiger partial charge is 0.326 e. The zero-order chi connectivity index (χ0) is 30.2. The van der Waals surface area contributed by atoms with Crippen LogP contribution in [-0.4, -0.2) is 75.3 Å². The maximum atomic E-state index is 13.6. The van der Waals surface area contributed by atoms with Crippen molar-refractivity contribution in [2.75, 3.05) is 6.54 Å². The van der Waals surface area contributed by atoms with Crippen molar-refractivity contribution in [1.29, 1.82) is 0 Å². The molecule has 1 aliphatic rings. The van der Waals surface area contributed by atoms with E-state index in [4.69, 9.17) is 11.5 Å². The number of carbonyl (C=O) groups excluding carboxylic acids is 4. The van der Waals surface area contributed by atoms with E-state index in [1.54, 1.807) is 30.5 Å². The van der Waals surface area contributed by atoms with Crippen LogP contribution in [0.1, 0.15) is 36.8 Å². The summed E-state index contributed by atoms with van der Waals surface area (Å²) in [5, 5.41) is 16.1. The third-order valence-electron chi connectivity index (χ3n) is 7.49. The van der Waals surface area contributed by atoms with E-state index >= 15 is 0 Å². The third kappa shape index (κ3) is 7.52. The number of amides is 4. The second-order valence-electron chi connectivity index (χ2n) is 10.5. The molecule has 2 aromatic carbocycles. The Morgan fingerprint density at radius 2 is 1.69 bits per heavy atom. The Hall–Kier alpha value is -4.71. The number of aromatic amines is 1. The molecule has 0 bridgehead atoms. The van der Waals surface area contributed by atoms with Crippen molar-refractivity contribution < 1.29 is 29.1 Å². The highest BCUT2D eigenvalue weighted by molar-refractivity contribution is 5.95. The van der Waals surface area contributed by atoms with Crippen molar-refractivity contribution in [2.24, 2.45) is 11.5 Å². The van der Waals surface area contributed by atoms with Crippen molar-refractivity contribution in [2.45, 2.75) is 62.7 Å². The number of nitrogens with one attached hydrogen (secondary N) is 3. The van der Waals surface area contributed by atoms with Crippen LogP contribution in [0.3, 0.4) is 0 Å². The Bertz CT molecular complexity index is 1440. The first kappa shape index (κ1) is 30.3. The molecule has 222 valence electrons. The van der Waals surface area contributed by atoms with Gasteiger partial charge < -0.3 is 37.1 Å². The van der Waals surface area contributed by atoms with Gasteiger partial charge in [0.25, 0.3) is 0 Å². The van der Waals surface area contributed by atoms with E-state index in [0.717, 1.165) is 22.0 Å². The first-order valence-electron chi connectivity index (χ1n) is 13.9. The van der Waals surface area contributed by atoms with E-state index in [9.17, 15) is 29.1 Å². The molecule has 1 saturated heterocycles. The summed E-state index contributed by atoms with van der Waals surface area (Å²) in [6.45, 7) is 0.304. The average Bonchev–Trinajstić information content (AvgIpc) is 3.63. The number of carboxylic acids is 1. The SMILES string of the molecule is NC(=O)CCC(N)C(=O)N1CCCC1C(=O)NC(Cc1c[nH]c2ccccc12)C(=O)NC(Cc1ccccc1)C(=O)O. The number of aromatic nitrogens is 1. The molecule has 42 heavy (non-hydrogen) atoms. The van der Waals surface area contributed by atoms with Crippen molar-refractivity contribution >= 4 is 40.5 Å². The standard InChI is InChI=1S/C30H36N6O6/c31-21(12-13-26(32)37)29(40)36-14-6-11-25(36)28(39)34-23(16-19-17-33-22-10-5-4-9-20(19)22)27(38)35-24(30(41)42)15-18-7-2-1-3-8-18/h1-5,7-10,17,21,23-25,33H,6,11-16,31H2,(H2,32,37)(H,34,39)(H,35,38)(H,41,42). The second kappa shape index (κ2) is 13.8. The Kier molecular flexibility index (Phi) is 9.92. The molecular weight excluding hydrogens is 540 g/mol. The highest BCUT2D eigenvalue weighted by Crippen LogP contribution is 2.22. The molecule has 1 fully saturated rings. The van der Waals surface area contributed by atoms with Gasteiger partial charge in [-0.25, -0.2) is 4.79 Å². The molecule has 4 rings (SSSR count). The summed E-state index contributed by atoms with van der Waals surface area (Å²) < 4.78 is 0. The number of para-hydroxylation sites is 1.